The molecule has 1 N–H and O–H groups in total. The number of aryl methyl sites for hydroxylation is 1. The molecule has 0 saturated heterocycles. The highest BCUT2D eigenvalue weighted by molar-refractivity contribution is 5.12. The maximum atomic E-state index is 5.45. The minimum Gasteiger partial charge on any atom is -0.379 e. The van der Waals surface area contributed by atoms with Crippen LogP contribution in [-0.4, -0.2) is 30.0 Å². The lowest BCUT2D eigenvalue weighted by molar-refractivity contribution is 0.0675. The number of nitrogens with one attached hydrogen (secondary N) is 1. The molecule has 0 aliphatic rings. The molecule has 0 spiro atoms. The molecule has 0 aliphatic heterocycles. The number of hydrogen-bond acceptors (Lipinski definition) is 3. The fourth-order valence-corrected chi connectivity index (χ4v) is 1.82. The number of rotatable bonds is 6. The molecule has 0 amide bonds. The molecule has 2 atom stereocenters. The quantitative estimate of drug-likeness (QED) is 0.776. The summed E-state index contributed by atoms with van der Waals surface area (Å²) < 4.78 is 7.38. The Bertz CT molecular complexity index is 281. The van der Waals surface area contributed by atoms with Crippen LogP contribution in [0.3, 0.4) is 0 Å². The molecule has 1 aromatic rings. The Balaban J connectivity index is 2.81. The topological polar surface area (TPSA) is 39.1 Å². The van der Waals surface area contributed by atoms with Crippen LogP contribution in [0.2, 0.25) is 0 Å². The summed E-state index contributed by atoms with van der Waals surface area (Å²) in [5.74, 6) is 0. The highest BCUT2D eigenvalue weighted by atomic mass is 16.5. The van der Waals surface area contributed by atoms with Crippen LogP contribution in [0.15, 0.2) is 12.4 Å². The third-order valence-electron chi connectivity index (χ3n) is 2.72. The summed E-state index contributed by atoms with van der Waals surface area (Å²) in [6.07, 6.45) is 5.17. The van der Waals surface area contributed by atoms with Crippen LogP contribution in [0, 0.1) is 0 Å². The summed E-state index contributed by atoms with van der Waals surface area (Å²) in [7, 11) is 3.71. The van der Waals surface area contributed by atoms with Crippen molar-refractivity contribution in [2.75, 3.05) is 14.2 Å². The second-order valence-electron chi connectivity index (χ2n) is 3.58. The van der Waals surface area contributed by atoms with Gasteiger partial charge in [0.2, 0.25) is 0 Å². The number of likely N-dealkylation sites (N-methyl/N-ethyl adjacent to an activating group) is 1. The Labute approximate surface area is 91.6 Å². The molecule has 0 aromatic carbocycles. The Hall–Kier alpha value is -0.870. The van der Waals surface area contributed by atoms with Gasteiger partial charge < -0.3 is 10.1 Å². The number of nitrogens with zero attached hydrogens (tertiary/aromatic N) is 2. The van der Waals surface area contributed by atoms with Crippen LogP contribution >= 0.6 is 0 Å². The molecule has 0 saturated carbocycles. The Kier molecular flexibility index (Phi) is 4.78. The average Bonchev–Trinajstić information content (AvgIpc) is 2.73. The molecule has 0 fully saturated rings. The van der Waals surface area contributed by atoms with Gasteiger partial charge in [-0.1, -0.05) is 6.92 Å². The lowest BCUT2D eigenvalue weighted by Crippen LogP contribution is -2.30. The van der Waals surface area contributed by atoms with Gasteiger partial charge >= 0.3 is 0 Å². The predicted octanol–water partition coefficient (Wildman–Crippen LogP) is 1.59. The monoisotopic (exact) mass is 211 g/mol. The van der Waals surface area contributed by atoms with Crippen molar-refractivity contribution in [1.82, 2.24) is 15.1 Å². The number of hydrogen-bond donors (Lipinski definition) is 1. The minimum absolute atomic E-state index is 0.199. The van der Waals surface area contributed by atoms with Crippen molar-refractivity contribution in [2.24, 2.45) is 0 Å². The third-order valence-corrected chi connectivity index (χ3v) is 2.72. The molecule has 1 heterocycles. The number of ether oxygens (including phenoxy) is 1. The van der Waals surface area contributed by atoms with Gasteiger partial charge in [-0.2, -0.15) is 5.10 Å². The first-order valence-corrected chi connectivity index (χ1v) is 5.49. The van der Waals surface area contributed by atoms with Gasteiger partial charge in [-0.25, -0.2) is 0 Å². The van der Waals surface area contributed by atoms with Crippen LogP contribution in [0.5, 0.6) is 0 Å². The van der Waals surface area contributed by atoms with Gasteiger partial charge in [-0.05, 0) is 20.4 Å². The third kappa shape index (κ3) is 2.79. The normalized spacial score (nSPS) is 15.2. The standard InChI is InChI=1S/C11H21N3O/c1-5-10(15-4)11(12-3)9-7-13-14(6-2)8-9/h7-8,10-12H,5-6H2,1-4H3. The zero-order valence-corrected chi connectivity index (χ0v) is 10.0. The van der Waals surface area contributed by atoms with Crippen molar-refractivity contribution in [1.29, 1.82) is 0 Å². The SMILES string of the molecule is CCC(OC)C(NC)c1cnn(CC)c1. The van der Waals surface area contributed by atoms with E-state index in [1.54, 1.807) is 7.11 Å². The fourth-order valence-electron chi connectivity index (χ4n) is 1.82. The van der Waals surface area contributed by atoms with Gasteiger partial charge in [-0.15, -0.1) is 0 Å². The predicted molar refractivity (Wildman–Crippen MR) is 60.8 cm³/mol. The second kappa shape index (κ2) is 5.88. The molecular weight excluding hydrogens is 190 g/mol. The van der Waals surface area contributed by atoms with E-state index in [9.17, 15) is 0 Å². The average molecular weight is 211 g/mol. The second-order valence-corrected chi connectivity index (χ2v) is 3.58. The van der Waals surface area contributed by atoms with Gasteiger partial charge in [0.05, 0.1) is 18.3 Å². The summed E-state index contributed by atoms with van der Waals surface area (Å²) in [6, 6.07) is 0.222. The zero-order valence-electron chi connectivity index (χ0n) is 10.0. The highest BCUT2D eigenvalue weighted by Crippen LogP contribution is 2.20. The van der Waals surface area contributed by atoms with E-state index >= 15 is 0 Å². The fraction of sp³-hybridized carbons (Fsp3) is 0.727. The van der Waals surface area contributed by atoms with Crippen molar-refractivity contribution < 1.29 is 4.74 Å². The van der Waals surface area contributed by atoms with Crippen LogP contribution < -0.4 is 5.32 Å². The summed E-state index contributed by atoms with van der Waals surface area (Å²) in [5.41, 5.74) is 1.19. The largest absolute Gasteiger partial charge is 0.379 e. The first-order chi connectivity index (χ1) is 7.26. The first-order valence-electron chi connectivity index (χ1n) is 5.49. The van der Waals surface area contributed by atoms with Gasteiger partial charge in [0.15, 0.2) is 0 Å². The van der Waals surface area contributed by atoms with E-state index in [0.29, 0.717) is 0 Å². The van der Waals surface area contributed by atoms with E-state index in [0.717, 1.165) is 13.0 Å². The lowest BCUT2D eigenvalue weighted by Gasteiger charge is -2.23. The van der Waals surface area contributed by atoms with Gasteiger partial charge in [0.1, 0.15) is 0 Å². The van der Waals surface area contributed by atoms with Crippen LogP contribution in [-0.2, 0) is 11.3 Å². The molecule has 2 unspecified atom stereocenters. The van der Waals surface area contributed by atoms with Crippen LogP contribution in [0.1, 0.15) is 31.9 Å². The number of aromatic nitrogens is 2. The van der Waals surface area contributed by atoms with E-state index in [1.807, 2.05) is 17.9 Å². The molecule has 1 rings (SSSR count). The van der Waals surface area contributed by atoms with Crippen molar-refractivity contribution in [3.63, 3.8) is 0 Å². The van der Waals surface area contributed by atoms with E-state index in [4.69, 9.17) is 4.74 Å². The summed E-state index contributed by atoms with van der Waals surface area (Å²) in [6.45, 7) is 5.11. The molecule has 0 bridgehead atoms. The molecule has 86 valence electrons. The Morgan fingerprint density at radius 1 is 1.53 bits per heavy atom. The van der Waals surface area contributed by atoms with Crippen molar-refractivity contribution in [3.8, 4) is 0 Å². The summed E-state index contributed by atoms with van der Waals surface area (Å²) in [5, 5.41) is 7.56. The van der Waals surface area contributed by atoms with Gasteiger partial charge in [0, 0.05) is 25.4 Å². The maximum absolute atomic E-state index is 5.45. The smallest absolute Gasteiger partial charge is 0.0764 e. The molecular formula is C11H21N3O. The first kappa shape index (κ1) is 12.2. The van der Waals surface area contributed by atoms with Gasteiger partial charge in [0.25, 0.3) is 0 Å². The number of methoxy groups -OCH3 is 1. The highest BCUT2D eigenvalue weighted by Gasteiger charge is 2.20. The minimum atomic E-state index is 0.199. The van der Waals surface area contributed by atoms with Gasteiger partial charge in [-0.3, -0.25) is 4.68 Å². The maximum Gasteiger partial charge on any atom is 0.0764 e. The van der Waals surface area contributed by atoms with Crippen molar-refractivity contribution >= 4 is 0 Å². The Morgan fingerprint density at radius 2 is 2.27 bits per heavy atom. The van der Waals surface area contributed by atoms with E-state index in [2.05, 4.69) is 30.5 Å². The van der Waals surface area contributed by atoms with Crippen molar-refractivity contribution in [3.05, 3.63) is 18.0 Å². The zero-order chi connectivity index (χ0) is 11.3. The molecule has 1 aromatic heterocycles. The summed E-state index contributed by atoms with van der Waals surface area (Å²) in [4.78, 5) is 0. The lowest BCUT2D eigenvalue weighted by atomic mass is 10.0. The molecule has 0 radical (unpaired) electrons. The molecule has 0 aliphatic carbocycles. The Morgan fingerprint density at radius 3 is 2.67 bits per heavy atom. The van der Waals surface area contributed by atoms with Crippen LogP contribution in [0.25, 0.3) is 0 Å². The summed E-state index contributed by atoms with van der Waals surface area (Å²) >= 11 is 0. The van der Waals surface area contributed by atoms with E-state index in [1.165, 1.54) is 5.56 Å². The molecule has 15 heavy (non-hydrogen) atoms. The molecule has 4 nitrogen and oxygen atoms in total. The van der Waals surface area contributed by atoms with Crippen molar-refractivity contribution in [2.45, 2.75) is 39.0 Å². The van der Waals surface area contributed by atoms with E-state index < -0.39 is 0 Å². The molecule has 4 heteroatoms. The van der Waals surface area contributed by atoms with Crippen LogP contribution in [0.4, 0.5) is 0 Å². The van der Waals surface area contributed by atoms with E-state index in [-0.39, 0.29) is 12.1 Å².